The fourth-order valence-corrected chi connectivity index (χ4v) is 2.56. The van der Waals surface area contributed by atoms with E-state index in [2.05, 4.69) is 0 Å². The second-order valence-electron chi connectivity index (χ2n) is 4.73. The first-order chi connectivity index (χ1) is 8.82. The lowest BCUT2D eigenvalue weighted by Crippen LogP contribution is -2.44. The molecule has 1 rings (SSSR count). The van der Waals surface area contributed by atoms with Gasteiger partial charge in [-0.25, -0.2) is 4.79 Å². The molecule has 0 unspecified atom stereocenters. The fourth-order valence-electron chi connectivity index (χ4n) is 1.90. The first-order valence-electron chi connectivity index (χ1n) is 6.08. The number of hydrogen-bond donors (Lipinski definition) is 1. The standard InChI is InChI=1S/C13H19NO4S/c1-8(2)14(9(3)4)12(15)6-18-10-5-11(13(16)17)19-7-10/h5,7-9H,6H2,1-4H3,(H,16,17). The molecule has 19 heavy (non-hydrogen) atoms. The largest absolute Gasteiger partial charge is 0.483 e. The predicted molar refractivity (Wildman–Crippen MR) is 73.9 cm³/mol. The van der Waals surface area contributed by atoms with E-state index in [4.69, 9.17) is 9.84 Å². The molecule has 1 heterocycles. The van der Waals surface area contributed by atoms with Gasteiger partial charge in [-0.1, -0.05) is 0 Å². The Morgan fingerprint density at radius 1 is 1.32 bits per heavy atom. The van der Waals surface area contributed by atoms with Crippen molar-refractivity contribution in [3.8, 4) is 5.75 Å². The molecule has 0 fully saturated rings. The SMILES string of the molecule is CC(C)N(C(=O)COc1csc(C(=O)O)c1)C(C)C. The minimum absolute atomic E-state index is 0.0772. The number of carbonyl (C=O) groups is 2. The molecule has 0 atom stereocenters. The summed E-state index contributed by atoms with van der Waals surface area (Å²) >= 11 is 1.08. The van der Waals surface area contributed by atoms with Gasteiger partial charge in [0.15, 0.2) is 6.61 Å². The first-order valence-corrected chi connectivity index (χ1v) is 6.96. The third-order valence-corrected chi connectivity index (χ3v) is 3.45. The number of thiophene rings is 1. The molecule has 6 heteroatoms. The summed E-state index contributed by atoms with van der Waals surface area (Å²) in [6.45, 7) is 7.72. The maximum atomic E-state index is 12.0. The summed E-state index contributed by atoms with van der Waals surface area (Å²) in [6.07, 6.45) is 0. The van der Waals surface area contributed by atoms with Crippen molar-refractivity contribution in [2.45, 2.75) is 39.8 Å². The van der Waals surface area contributed by atoms with E-state index >= 15 is 0 Å². The van der Waals surface area contributed by atoms with Gasteiger partial charge in [0.25, 0.3) is 5.91 Å². The number of carboxylic acids is 1. The van der Waals surface area contributed by atoms with Crippen molar-refractivity contribution in [1.82, 2.24) is 4.90 Å². The number of amides is 1. The molecule has 0 spiro atoms. The summed E-state index contributed by atoms with van der Waals surface area (Å²) in [5, 5.41) is 10.4. The van der Waals surface area contributed by atoms with Gasteiger partial charge in [-0.3, -0.25) is 4.79 Å². The Hall–Kier alpha value is -1.56. The number of aromatic carboxylic acids is 1. The van der Waals surface area contributed by atoms with Crippen LogP contribution >= 0.6 is 11.3 Å². The summed E-state index contributed by atoms with van der Waals surface area (Å²) < 4.78 is 5.34. The van der Waals surface area contributed by atoms with Crippen LogP contribution in [0.1, 0.15) is 37.4 Å². The third kappa shape index (κ3) is 4.24. The molecule has 0 radical (unpaired) electrons. The van der Waals surface area contributed by atoms with Crippen LogP contribution in [0.3, 0.4) is 0 Å². The van der Waals surface area contributed by atoms with Gasteiger partial charge in [0, 0.05) is 23.5 Å². The minimum Gasteiger partial charge on any atom is -0.483 e. The van der Waals surface area contributed by atoms with Crippen LogP contribution in [0.15, 0.2) is 11.4 Å². The van der Waals surface area contributed by atoms with Crippen LogP contribution in [0.25, 0.3) is 0 Å². The third-order valence-electron chi connectivity index (χ3n) is 2.55. The molecule has 106 valence electrons. The number of carboxylic acid groups (broad SMARTS) is 1. The molecule has 0 aliphatic rings. The normalized spacial score (nSPS) is 10.8. The van der Waals surface area contributed by atoms with E-state index in [1.807, 2.05) is 27.7 Å². The van der Waals surface area contributed by atoms with E-state index in [-0.39, 0.29) is 29.5 Å². The maximum Gasteiger partial charge on any atom is 0.346 e. The van der Waals surface area contributed by atoms with E-state index in [9.17, 15) is 9.59 Å². The quantitative estimate of drug-likeness (QED) is 0.872. The maximum absolute atomic E-state index is 12.0. The molecule has 1 amide bonds. The molecule has 1 aromatic rings. The molecule has 0 aromatic carbocycles. The lowest BCUT2D eigenvalue weighted by atomic mass is 10.2. The predicted octanol–water partition coefficient (Wildman–Crippen LogP) is 2.47. The average molecular weight is 285 g/mol. The number of rotatable bonds is 6. The van der Waals surface area contributed by atoms with Crippen LogP contribution in [0.5, 0.6) is 5.75 Å². The zero-order valence-corrected chi connectivity index (χ0v) is 12.4. The van der Waals surface area contributed by atoms with E-state index < -0.39 is 5.97 Å². The van der Waals surface area contributed by atoms with Crippen LogP contribution in [0.4, 0.5) is 0 Å². The smallest absolute Gasteiger partial charge is 0.346 e. The van der Waals surface area contributed by atoms with E-state index in [0.29, 0.717) is 5.75 Å². The Bertz CT molecular complexity index is 445. The molecular weight excluding hydrogens is 266 g/mol. The molecule has 0 saturated carbocycles. The van der Waals surface area contributed by atoms with Gasteiger partial charge in [-0.2, -0.15) is 0 Å². The minimum atomic E-state index is -0.989. The van der Waals surface area contributed by atoms with Gasteiger partial charge in [-0.05, 0) is 27.7 Å². The highest BCUT2D eigenvalue weighted by molar-refractivity contribution is 7.12. The number of hydrogen-bond acceptors (Lipinski definition) is 4. The highest BCUT2D eigenvalue weighted by atomic mass is 32.1. The van der Waals surface area contributed by atoms with Crippen LogP contribution in [-0.2, 0) is 4.79 Å². The molecule has 0 saturated heterocycles. The van der Waals surface area contributed by atoms with Gasteiger partial charge in [0.05, 0.1) is 0 Å². The van der Waals surface area contributed by atoms with Crippen molar-refractivity contribution < 1.29 is 19.4 Å². The van der Waals surface area contributed by atoms with Crippen LogP contribution in [-0.4, -0.2) is 40.6 Å². The summed E-state index contributed by atoms with van der Waals surface area (Å²) in [5.41, 5.74) is 0. The van der Waals surface area contributed by atoms with E-state index in [1.165, 1.54) is 6.07 Å². The van der Waals surface area contributed by atoms with Gasteiger partial charge in [0.2, 0.25) is 0 Å². The van der Waals surface area contributed by atoms with Crippen LogP contribution in [0.2, 0.25) is 0 Å². The molecule has 0 bridgehead atoms. The number of nitrogens with zero attached hydrogens (tertiary/aromatic N) is 1. The van der Waals surface area contributed by atoms with Crippen molar-refractivity contribution in [1.29, 1.82) is 0 Å². The molecule has 1 N–H and O–H groups in total. The number of ether oxygens (including phenoxy) is 1. The Kier molecular flexibility index (Phi) is 5.35. The molecule has 0 aliphatic heterocycles. The average Bonchev–Trinajstić information content (AvgIpc) is 2.73. The zero-order valence-electron chi connectivity index (χ0n) is 11.5. The summed E-state index contributed by atoms with van der Waals surface area (Å²) in [5.74, 6) is -0.673. The van der Waals surface area contributed by atoms with Crippen molar-refractivity contribution in [3.63, 3.8) is 0 Å². The van der Waals surface area contributed by atoms with Gasteiger partial charge < -0.3 is 14.7 Å². The molecule has 0 aliphatic carbocycles. The first kappa shape index (κ1) is 15.5. The highest BCUT2D eigenvalue weighted by Crippen LogP contribution is 2.21. The second-order valence-corrected chi connectivity index (χ2v) is 5.64. The Labute approximate surface area is 116 Å². The van der Waals surface area contributed by atoms with Gasteiger partial charge in [-0.15, -0.1) is 11.3 Å². The monoisotopic (exact) mass is 285 g/mol. The van der Waals surface area contributed by atoms with Gasteiger partial charge in [0.1, 0.15) is 10.6 Å². The summed E-state index contributed by atoms with van der Waals surface area (Å²) in [6, 6.07) is 1.64. The molecule has 5 nitrogen and oxygen atoms in total. The summed E-state index contributed by atoms with van der Waals surface area (Å²) in [4.78, 5) is 24.7. The van der Waals surface area contributed by atoms with Crippen molar-refractivity contribution in [2.75, 3.05) is 6.61 Å². The van der Waals surface area contributed by atoms with Crippen molar-refractivity contribution in [2.24, 2.45) is 0 Å². The Morgan fingerprint density at radius 2 is 1.89 bits per heavy atom. The lowest BCUT2D eigenvalue weighted by Gasteiger charge is -2.30. The Balaban J connectivity index is 2.59. The molecular formula is C13H19NO4S. The van der Waals surface area contributed by atoms with Gasteiger partial charge >= 0.3 is 5.97 Å². The highest BCUT2D eigenvalue weighted by Gasteiger charge is 2.20. The van der Waals surface area contributed by atoms with Crippen molar-refractivity contribution in [3.05, 3.63) is 16.3 Å². The van der Waals surface area contributed by atoms with E-state index in [1.54, 1.807) is 10.3 Å². The van der Waals surface area contributed by atoms with Crippen molar-refractivity contribution >= 4 is 23.2 Å². The topological polar surface area (TPSA) is 66.8 Å². The van der Waals surface area contributed by atoms with E-state index in [0.717, 1.165) is 11.3 Å². The Morgan fingerprint density at radius 3 is 2.32 bits per heavy atom. The fraction of sp³-hybridized carbons (Fsp3) is 0.538. The van der Waals surface area contributed by atoms with Crippen LogP contribution in [0, 0.1) is 0 Å². The lowest BCUT2D eigenvalue weighted by molar-refractivity contribution is -0.136. The second kappa shape index (κ2) is 6.56. The summed E-state index contributed by atoms with van der Waals surface area (Å²) in [7, 11) is 0. The number of carbonyl (C=O) groups excluding carboxylic acids is 1. The van der Waals surface area contributed by atoms with Crippen LogP contribution < -0.4 is 4.74 Å². The molecule has 1 aromatic heterocycles. The zero-order chi connectivity index (χ0) is 14.6.